The van der Waals surface area contributed by atoms with Crippen molar-refractivity contribution in [1.29, 1.82) is 0 Å². The first-order valence-electron chi connectivity index (χ1n) is 8.62. The third-order valence-corrected chi connectivity index (χ3v) is 3.97. The highest BCUT2D eigenvalue weighted by atomic mass is 35.5. The molecule has 4 aromatic heterocycles. The van der Waals surface area contributed by atoms with Gasteiger partial charge in [-0.25, -0.2) is 9.97 Å². The van der Waals surface area contributed by atoms with Gasteiger partial charge in [-0.2, -0.15) is 9.61 Å². The van der Waals surface area contributed by atoms with Gasteiger partial charge in [0.1, 0.15) is 16.6 Å². The fraction of sp³-hybridized carbons (Fsp3) is 0.235. The minimum atomic E-state index is -1.92. The fourth-order valence-corrected chi connectivity index (χ4v) is 2.75. The molecule has 0 amide bonds. The molecule has 24 heavy (non-hydrogen) atoms. The average Bonchev–Trinajstić information content (AvgIpc) is 3.18. The van der Waals surface area contributed by atoms with Crippen LogP contribution in [0.15, 0.2) is 42.9 Å². The van der Waals surface area contributed by atoms with Gasteiger partial charge in [0, 0.05) is 24.0 Å². The maximum absolute atomic E-state index is 8.45. The van der Waals surface area contributed by atoms with Crippen molar-refractivity contribution >= 4 is 28.7 Å². The second-order valence-corrected chi connectivity index (χ2v) is 6.18. The maximum Gasteiger partial charge on any atom is 0.162 e. The Hall–Kier alpha value is -2.60. The Morgan fingerprint density at radius 1 is 1.33 bits per heavy atom. The van der Waals surface area contributed by atoms with Crippen molar-refractivity contribution in [3.05, 3.63) is 59.3 Å². The van der Waals surface area contributed by atoms with Gasteiger partial charge in [-0.3, -0.25) is 0 Å². The first-order chi connectivity index (χ1) is 12.3. The Morgan fingerprint density at radius 3 is 3.00 bits per heavy atom. The molecule has 6 nitrogen and oxygen atoms in total. The molecule has 0 aliphatic heterocycles. The topological polar surface area (TPSA) is 59.5 Å². The van der Waals surface area contributed by atoms with E-state index >= 15 is 0 Å². The fourth-order valence-electron chi connectivity index (χ4n) is 2.57. The quantitative estimate of drug-likeness (QED) is 0.573. The summed E-state index contributed by atoms with van der Waals surface area (Å²) < 4.78 is 20.2. The minimum Gasteiger partial charge on any atom is -0.364 e. The molecule has 0 aliphatic rings. The molecule has 4 aromatic rings. The lowest BCUT2D eigenvalue weighted by Crippen LogP contribution is -2.06. The van der Waals surface area contributed by atoms with E-state index < -0.39 is 6.50 Å². The SMILES string of the molecule is [2H]C([2H])(Nc1cc(Cl)nc2c(C(C)C)cnn12)c1cn2ccccc2n1. The van der Waals surface area contributed by atoms with Crippen molar-refractivity contribution < 1.29 is 2.74 Å². The summed E-state index contributed by atoms with van der Waals surface area (Å²) in [5, 5.41) is 7.48. The lowest BCUT2D eigenvalue weighted by atomic mass is 10.1. The van der Waals surface area contributed by atoms with Gasteiger partial charge in [0.25, 0.3) is 0 Å². The van der Waals surface area contributed by atoms with Crippen LogP contribution in [0.5, 0.6) is 0 Å². The summed E-state index contributed by atoms with van der Waals surface area (Å²) in [4.78, 5) is 8.70. The molecular weight excluding hydrogens is 324 g/mol. The molecule has 122 valence electrons. The van der Waals surface area contributed by atoms with E-state index in [1.54, 1.807) is 27.4 Å². The first kappa shape index (κ1) is 12.8. The summed E-state index contributed by atoms with van der Waals surface area (Å²) in [6.07, 6.45) is 5.21. The predicted molar refractivity (Wildman–Crippen MR) is 94.6 cm³/mol. The number of aromatic nitrogens is 5. The molecular formula is C17H17ClN6. The third-order valence-electron chi connectivity index (χ3n) is 3.77. The van der Waals surface area contributed by atoms with Crippen molar-refractivity contribution in [1.82, 2.24) is 24.0 Å². The van der Waals surface area contributed by atoms with Gasteiger partial charge in [0.2, 0.25) is 0 Å². The zero-order chi connectivity index (χ0) is 18.5. The van der Waals surface area contributed by atoms with Crippen LogP contribution in [0.3, 0.4) is 0 Å². The number of imidazole rings is 1. The monoisotopic (exact) mass is 342 g/mol. The molecule has 7 heteroatoms. The molecule has 0 spiro atoms. The van der Waals surface area contributed by atoms with Crippen LogP contribution in [-0.2, 0) is 6.50 Å². The van der Waals surface area contributed by atoms with Crippen LogP contribution in [0, 0.1) is 0 Å². The predicted octanol–water partition coefficient (Wildman–Crippen LogP) is 3.77. The molecule has 0 atom stereocenters. The van der Waals surface area contributed by atoms with Crippen LogP contribution in [0.2, 0.25) is 5.15 Å². The zero-order valence-electron chi connectivity index (χ0n) is 15.2. The molecule has 0 fully saturated rings. The third kappa shape index (κ3) is 2.59. The minimum absolute atomic E-state index is 0.224. The van der Waals surface area contributed by atoms with Gasteiger partial charge in [0.15, 0.2) is 5.65 Å². The smallest absolute Gasteiger partial charge is 0.162 e. The van der Waals surface area contributed by atoms with Crippen molar-refractivity contribution in [2.24, 2.45) is 0 Å². The van der Waals surface area contributed by atoms with E-state index in [0.717, 1.165) is 5.56 Å². The normalized spacial score (nSPS) is 13.5. The number of halogens is 1. The van der Waals surface area contributed by atoms with E-state index in [1.807, 2.05) is 38.2 Å². The standard InChI is InChI=1S/C17H17ClN6/c1-11(2)13-9-20-24-16(7-14(18)22-17(13)24)19-8-12-10-23-6-4-3-5-15(23)21-12/h3-7,9-11,19H,8H2,1-2H3/i8D2. The molecule has 0 aliphatic carbocycles. The highest BCUT2D eigenvalue weighted by molar-refractivity contribution is 6.29. The molecule has 1 N–H and O–H groups in total. The van der Waals surface area contributed by atoms with Gasteiger partial charge in [-0.1, -0.05) is 31.5 Å². The van der Waals surface area contributed by atoms with E-state index in [0.29, 0.717) is 17.1 Å². The Kier molecular flexibility index (Phi) is 3.09. The van der Waals surface area contributed by atoms with Gasteiger partial charge < -0.3 is 9.72 Å². The van der Waals surface area contributed by atoms with Crippen LogP contribution in [0.25, 0.3) is 11.3 Å². The van der Waals surface area contributed by atoms with Crippen molar-refractivity contribution in [2.45, 2.75) is 26.3 Å². The van der Waals surface area contributed by atoms with E-state index in [4.69, 9.17) is 14.3 Å². The Morgan fingerprint density at radius 2 is 2.21 bits per heavy atom. The molecule has 0 bridgehead atoms. The van der Waals surface area contributed by atoms with Crippen molar-refractivity contribution in [2.75, 3.05) is 5.32 Å². The first-order valence-corrected chi connectivity index (χ1v) is 7.99. The number of hydrogen-bond acceptors (Lipinski definition) is 4. The summed E-state index contributed by atoms with van der Waals surface area (Å²) in [5.74, 6) is 0.635. The van der Waals surface area contributed by atoms with Gasteiger partial charge in [-0.05, 0) is 18.1 Å². The number of hydrogen-bond donors (Lipinski definition) is 1. The van der Waals surface area contributed by atoms with Crippen LogP contribution in [0.1, 0.15) is 33.8 Å². The molecule has 0 radical (unpaired) electrons. The molecule has 0 saturated heterocycles. The lowest BCUT2D eigenvalue weighted by molar-refractivity contribution is 0.871. The second kappa shape index (κ2) is 5.79. The van der Waals surface area contributed by atoms with Gasteiger partial charge in [-0.15, -0.1) is 0 Å². The van der Waals surface area contributed by atoms with E-state index in [-0.39, 0.29) is 16.8 Å². The van der Waals surface area contributed by atoms with Crippen molar-refractivity contribution in [3.63, 3.8) is 0 Å². The molecule has 0 saturated carbocycles. The van der Waals surface area contributed by atoms with Crippen LogP contribution >= 0.6 is 11.6 Å². The molecule has 0 aromatic carbocycles. The van der Waals surface area contributed by atoms with Crippen LogP contribution in [0.4, 0.5) is 5.82 Å². The number of rotatable bonds is 4. The lowest BCUT2D eigenvalue weighted by Gasteiger charge is -2.08. The average molecular weight is 343 g/mol. The van der Waals surface area contributed by atoms with Crippen LogP contribution < -0.4 is 5.32 Å². The van der Waals surface area contributed by atoms with Gasteiger partial charge >= 0.3 is 0 Å². The number of nitrogens with zero attached hydrogens (tertiary/aromatic N) is 5. The maximum atomic E-state index is 8.45. The number of anilines is 1. The molecule has 4 rings (SSSR count). The largest absolute Gasteiger partial charge is 0.364 e. The van der Waals surface area contributed by atoms with Crippen LogP contribution in [-0.4, -0.2) is 24.0 Å². The van der Waals surface area contributed by atoms with E-state index in [9.17, 15) is 0 Å². The zero-order valence-corrected chi connectivity index (χ0v) is 14.0. The van der Waals surface area contributed by atoms with E-state index in [2.05, 4.69) is 20.4 Å². The highest BCUT2D eigenvalue weighted by Gasteiger charge is 2.13. The summed E-state index contributed by atoms with van der Waals surface area (Å²) in [6, 6.07) is 7.10. The summed E-state index contributed by atoms with van der Waals surface area (Å²) >= 11 is 6.16. The van der Waals surface area contributed by atoms with Crippen molar-refractivity contribution in [3.8, 4) is 0 Å². The summed E-state index contributed by atoms with van der Waals surface area (Å²) in [6.45, 7) is 2.17. The second-order valence-electron chi connectivity index (χ2n) is 5.80. The molecule has 0 unspecified atom stereocenters. The number of pyridine rings is 1. The molecule has 4 heterocycles. The summed E-state index contributed by atoms with van der Waals surface area (Å²) in [7, 11) is 0. The Balaban J connectivity index is 1.78. The highest BCUT2D eigenvalue weighted by Crippen LogP contribution is 2.24. The number of nitrogens with one attached hydrogen (secondary N) is 1. The number of fused-ring (bicyclic) bond motifs is 2. The van der Waals surface area contributed by atoms with Gasteiger partial charge in [0.05, 0.1) is 21.1 Å². The summed E-state index contributed by atoms with van der Waals surface area (Å²) in [5.41, 5.74) is 2.50. The Bertz CT molecular complexity index is 1070. The van der Waals surface area contributed by atoms with E-state index in [1.165, 1.54) is 0 Å². The Labute approximate surface area is 146 Å².